The summed E-state index contributed by atoms with van der Waals surface area (Å²) in [6.45, 7) is 4.58. The fourth-order valence-corrected chi connectivity index (χ4v) is 3.16. The zero-order valence-electron chi connectivity index (χ0n) is 10.4. The number of rotatable bonds is 2. The highest BCUT2D eigenvalue weighted by molar-refractivity contribution is 5.45. The van der Waals surface area contributed by atoms with Crippen LogP contribution < -0.4 is 10.1 Å². The SMILES string of the molecule is COc1cccc2c1CCC2N1CCNCC1. The summed E-state index contributed by atoms with van der Waals surface area (Å²) in [5.41, 5.74) is 2.92. The van der Waals surface area contributed by atoms with Crippen molar-refractivity contribution in [1.29, 1.82) is 0 Å². The van der Waals surface area contributed by atoms with E-state index in [2.05, 4.69) is 28.4 Å². The van der Waals surface area contributed by atoms with E-state index < -0.39 is 0 Å². The highest BCUT2D eigenvalue weighted by atomic mass is 16.5. The second-order valence-corrected chi connectivity index (χ2v) is 4.87. The lowest BCUT2D eigenvalue weighted by atomic mass is 10.1. The number of hydrogen-bond acceptors (Lipinski definition) is 3. The van der Waals surface area contributed by atoms with Crippen molar-refractivity contribution in [2.24, 2.45) is 0 Å². The Balaban J connectivity index is 1.87. The molecule has 17 heavy (non-hydrogen) atoms. The molecular formula is C14H20N2O. The Hall–Kier alpha value is -1.06. The van der Waals surface area contributed by atoms with Crippen LogP contribution in [0.15, 0.2) is 18.2 Å². The average Bonchev–Trinajstić information content (AvgIpc) is 2.83. The van der Waals surface area contributed by atoms with Gasteiger partial charge < -0.3 is 10.1 Å². The van der Waals surface area contributed by atoms with Gasteiger partial charge in [-0.3, -0.25) is 4.90 Å². The van der Waals surface area contributed by atoms with E-state index in [4.69, 9.17) is 4.74 Å². The van der Waals surface area contributed by atoms with Crippen LogP contribution in [0.3, 0.4) is 0 Å². The molecule has 0 saturated carbocycles. The molecule has 1 aromatic carbocycles. The number of hydrogen-bond donors (Lipinski definition) is 1. The summed E-state index contributed by atoms with van der Waals surface area (Å²) in [6, 6.07) is 7.09. The first-order valence-electron chi connectivity index (χ1n) is 6.50. The molecule has 2 aliphatic rings. The molecule has 1 aromatic rings. The van der Waals surface area contributed by atoms with E-state index >= 15 is 0 Å². The quantitative estimate of drug-likeness (QED) is 0.838. The van der Waals surface area contributed by atoms with Gasteiger partial charge in [-0.1, -0.05) is 12.1 Å². The van der Waals surface area contributed by atoms with Gasteiger partial charge in [-0.2, -0.15) is 0 Å². The molecule has 3 heteroatoms. The molecule has 1 atom stereocenters. The normalized spacial score (nSPS) is 24.6. The lowest BCUT2D eigenvalue weighted by molar-refractivity contribution is 0.173. The number of nitrogens with zero attached hydrogens (tertiary/aromatic N) is 1. The van der Waals surface area contributed by atoms with Crippen LogP contribution in [-0.4, -0.2) is 38.2 Å². The Kier molecular flexibility index (Phi) is 3.04. The zero-order valence-corrected chi connectivity index (χ0v) is 10.4. The second-order valence-electron chi connectivity index (χ2n) is 4.87. The number of methoxy groups -OCH3 is 1. The van der Waals surface area contributed by atoms with Crippen LogP contribution in [0, 0.1) is 0 Å². The molecule has 92 valence electrons. The molecule has 0 aromatic heterocycles. The molecule has 1 unspecified atom stereocenters. The number of ether oxygens (including phenoxy) is 1. The third kappa shape index (κ3) is 1.94. The predicted molar refractivity (Wildman–Crippen MR) is 68.5 cm³/mol. The minimum absolute atomic E-state index is 0.613. The number of piperazine rings is 1. The molecule has 1 heterocycles. The average molecular weight is 232 g/mol. The van der Waals surface area contributed by atoms with Crippen LogP contribution in [0.5, 0.6) is 5.75 Å². The standard InChI is InChI=1S/C14H20N2O/c1-17-14-4-2-3-11-12(14)5-6-13(11)16-9-7-15-8-10-16/h2-4,13,15H,5-10H2,1H3. The van der Waals surface area contributed by atoms with Gasteiger partial charge in [0.2, 0.25) is 0 Å². The van der Waals surface area contributed by atoms with Gasteiger partial charge >= 0.3 is 0 Å². The molecular weight excluding hydrogens is 212 g/mol. The Morgan fingerprint density at radius 1 is 1.29 bits per heavy atom. The molecule has 1 saturated heterocycles. The van der Waals surface area contributed by atoms with Gasteiger partial charge in [-0.25, -0.2) is 0 Å². The number of benzene rings is 1. The highest BCUT2D eigenvalue weighted by Gasteiger charge is 2.30. The number of fused-ring (bicyclic) bond motifs is 1. The van der Waals surface area contributed by atoms with Crippen molar-refractivity contribution < 1.29 is 4.74 Å². The first-order chi connectivity index (χ1) is 8.40. The topological polar surface area (TPSA) is 24.5 Å². The Morgan fingerprint density at radius 3 is 2.88 bits per heavy atom. The Morgan fingerprint density at radius 2 is 2.12 bits per heavy atom. The third-order valence-corrected chi connectivity index (χ3v) is 4.01. The molecule has 1 aliphatic carbocycles. The molecule has 3 rings (SSSR count). The van der Waals surface area contributed by atoms with Crippen LogP contribution >= 0.6 is 0 Å². The summed E-state index contributed by atoms with van der Waals surface area (Å²) in [7, 11) is 1.77. The van der Waals surface area contributed by atoms with E-state index in [1.165, 1.54) is 30.6 Å². The van der Waals surface area contributed by atoms with Crippen LogP contribution in [0.25, 0.3) is 0 Å². The van der Waals surface area contributed by atoms with E-state index in [9.17, 15) is 0 Å². The maximum absolute atomic E-state index is 5.46. The van der Waals surface area contributed by atoms with E-state index in [1.807, 2.05) is 0 Å². The van der Waals surface area contributed by atoms with Crippen molar-refractivity contribution in [3.05, 3.63) is 29.3 Å². The van der Waals surface area contributed by atoms with Gasteiger partial charge in [0.05, 0.1) is 7.11 Å². The van der Waals surface area contributed by atoms with E-state index in [0.717, 1.165) is 25.3 Å². The zero-order chi connectivity index (χ0) is 11.7. The molecule has 1 aliphatic heterocycles. The van der Waals surface area contributed by atoms with Crippen molar-refractivity contribution in [3.63, 3.8) is 0 Å². The monoisotopic (exact) mass is 232 g/mol. The molecule has 1 N–H and O–H groups in total. The van der Waals surface area contributed by atoms with E-state index in [1.54, 1.807) is 7.11 Å². The van der Waals surface area contributed by atoms with Crippen molar-refractivity contribution in [2.45, 2.75) is 18.9 Å². The van der Waals surface area contributed by atoms with Crippen LogP contribution in [0.4, 0.5) is 0 Å². The van der Waals surface area contributed by atoms with Gasteiger partial charge in [0.1, 0.15) is 5.75 Å². The minimum Gasteiger partial charge on any atom is -0.496 e. The summed E-state index contributed by atoms with van der Waals surface area (Å²) >= 11 is 0. The third-order valence-electron chi connectivity index (χ3n) is 4.01. The summed E-state index contributed by atoms with van der Waals surface area (Å²) in [5.74, 6) is 1.07. The van der Waals surface area contributed by atoms with Crippen LogP contribution in [0.1, 0.15) is 23.6 Å². The van der Waals surface area contributed by atoms with Crippen LogP contribution in [-0.2, 0) is 6.42 Å². The first-order valence-corrected chi connectivity index (χ1v) is 6.50. The fourth-order valence-electron chi connectivity index (χ4n) is 3.16. The molecule has 0 radical (unpaired) electrons. The van der Waals surface area contributed by atoms with Gasteiger partial charge in [-0.15, -0.1) is 0 Å². The summed E-state index contributed by atoms with van der Waals surface area (Å²) in [5, 5.41) is 3.42. The molecule has 0 bridgehead atoms. The van der Waals surface area contributed by atoms with E-state index in [0.29, 0.717) is 6.04 Å². The van der Waals surface area contributed by atoms with Gasteiger partial charge in [-0.05, 0) is 30.0 Å². The van der Waals surface area contributed by atoms with Gasteiger partial charge in [0.25, 0.3) is 0 Å². The summed E-state index contributed by atoms with van der Waals surface area (Å²) < 4.78 is 5.46. The Bertz CT molecular complexity index is 399. The maximum atomic E-state index is 5.46. The first kappa shape index (κ1) is 11.1. The molecule has 0 amide bonds. The van der Waals surface area contributed by atoms with Crippen molar-refractivity contribution in [2.75, 3.05) is 33.3 Å². The Labute approximate surface area is 103 Å². The predicted octanol–water partition coefficient (Wildman–Crippen LogP) is 1.59. The fraction of sp³-hybridized carbons (Fsp3) is 0.571. The smallest absolute Gasteiger partial charge is 0.122 e. The highest BCUT2D eigenvalue weighted by Crippen LogP contribution is 2.40. The van der Waals surface area contributed by atoms with Crippen molar-refractivity contribution in [1.82, 2.24) is 10.2 Å². The molecule has 3 nitrogen and oxygen atoms in total. The number of nitrogens with one attached hydrogen (secondary N) is 1. The van der Waals surface area contributed by atoms with Gasteiger partial charge in [0, 0.05) is 32.2 Å². The largest absolute Gasteiger partial charge is 0.496 e. The lowest BCUT2D eigenvalue weighted by Crippen LogP contribution is -2.44. The lowest BCUT2D eigenvalue weighted by Gasteiger charge is -2.33. The van der Waals surface area contributed by atoms with Crippen molar-refractivity contribution >= 4 is 0 Å². The summed E-state index contributed by atoms with van der Waals surface area (Å²) in [4.78, 5) is 2.61. The maximum Gasteiger partial charge on any atom is 0.122 e. The summed E-state index contributed by atoms with van der Waals surface area (Å²) in [6.07, 6.45) is 2.41. The van der Waals surface area contributed by atoms with E-state index in [-0.39, 0.29) is 0 Å². The molecule has 0 spiro atoms. The minimum atomic E-state index is 0.613. The second kappa shape index (κ2) is 4.67. The van der Waals surface area contributed by atoms with Crippen LogP contribution in [0.2, 0.25) is 0 Å². The molecule has 1 fully saturated rings. The van der Waals surface area contributed by atoms with Gasteiger partial charge in [0.15, 0.2) is 0 Å². The van der Waals surface area contributed by atoms with Crippen molar-refractivity contribution in [3.8, 4) is 5.75 Å².